The van der Waals surface area contributed by atoms with Crippen molar-refractivity contribution in [1.82, 2.24) is 5.32 Å². The van der Waals surface area contributed by atoms with Gasteiger partial charge >= 0.3 is 0 Å². The van der Waals surface area contributed by atoms with Crippen molar-refractivity contribution in [2.45, 2.75) is 52.5 Å². The highest BCUT2D eigenvalue weighted by atomic mass is 16.5. The summed E-state index contributed by atoms with van der Waals surface area (Å²) in [7, 11) is 0. The standard InChI is InChI=1S/C16H27NO/c1-4-7-15(17-12-5-2)13-18-16-10-8-14(6-3)9-11-16/h8-11,15,17H,4-7,12-13H2,1-3H3. The minimum absolute atomic E-state index is 0.473. The van der Waals surface area contributed by atoms with Crippen molar-refractivity contribution in [2.75, 3.05) is 13.2 Å². The fraction of sp³-hybridized carbons (Fsp3) is 0.625. The first kappa shape index (κ1) is 15.0. The highest BCUT2D eigenvalue weighted by Crippen LogP contribution is 2.13. The molecule has 1 aromatic rings. The second-order valence-corrected chi connectivity index (χ2v) is 4.75. The summed E-state index contributed by atoms with van der Waals surface area (Å²) in [5.74, 6) is 0.978. The van der Waals surface area contributed by atoms with Crippen molar-refractivity contribution in [3.63, 3.8) is 0 Å². The van der Waals surface area contributed by atoms with Crippen LogP contribution in [-0.2, 0) is 6.42 Å². The first-order valence-corrected chi connectivity index (χ1v) is 7.25. The number of hydrogen-bond acceptors (Lipinski definition) is 2. The number of aryl methyl sites for hydroxylation is 1. The Morgan fingerprint density at radius 1 is 1.06 bits per heavy atom. The van der Waals surface area contributed by atoms with Crippen LogP contribution in [0.2, 0.25) is 0 Å². The van der Waals surface area contributed by atoms with Gasteiger partial charge in [0.2, 0.25) is 0 Å². The SMILES string of the molecule is CCCNC(CCC)COc1ccc(CC)cc1. The molecule has 0 spiro atoms. The van der Waals surface area contributed by atoms with Gasteiger partial charge < -0.3 is 10.1 Å². The molecule has 1 aromatic carbocycles. The molecule has 1 unspecified atom stereocenters. The molecular formula is C16H27NO. The van der Waals surface area contributed by atoms with Crippen LogP contribution in [0, 0.1) is 0 Å². The molecule has 102 valence electrons. The van der Waals surface area contributed by atoms with Crippen LogP contribution in [-0.4, -0.2) is 19.2 Å². The molecule has 2 heteroatoms. The first-order chi connectivity index (χ1) is 8.80. The summed E-state index contributed by atoms with van der Waals surface area (Å²) < 4.78 is 5.85. The molecule has 0 aliphatic heterocycles. The largest absolute Gasteiger partial charge is 0.492 e. The lowest BCUT2D eigenvalue weighted by Crippen LogP contribution is -2.35. The van der Waals surface area contributed by atoms with Gasteiger partial charge in [0.25, 0.3) is 0 Å². The lowest BCUT2D eigenvalue weighted by molar-refractivity contribution is 0.256. The van der Waals surface area contributed by atoms with E-state index in [1.54, 1.807) is 0 Å². The maximum absolute atomic E-state index is 5.85. The third kappa shape index (κ3) is 5.54. The molecule has 0 aliphatic carbocycles. The lowest BCUT2D eigenvalue weighted by Gasteiger charge is -2.18. The molecule has 0 heterocycles. The van der Waals surface area contributed by atoms with Crippen LogP contribution in [0.5, 0.6) is 5.75 Å². The second kappa shape index (κ2) is 8.98. The van der Waals surface area contributed by atoms with E-state index in [0.29, 0.717) is 6.04 Å². The Bertz CT molecular complexity index is 307. The van der Waals surface area contributed by atoms with Crippen molar-refractivity contribution in [2.24, 2.45) is 0 Å². The van der Waals surface area contributed by atoms with Gasteiger partial charge in [0.05, 0.1) is 0 Å². The molecule has 0 bridgehead atoms. The quantitative estimate of drug-likeness (QED) is 0.719. The smallest absolute Gasteiger partial charge is 0.119 e. The Hall–Kier alpha value is -1.02. The fourth-order valence-corrected chi connectivity index (χ4v) is 1.96. The van der Waals surface area contributed by atoms with Crippen LogP contribution >= 0.6 is 0 Å². The molecule has 0 fully saturated rings. The molecule has 0 saturated carbocycles. The number of nitrogens with one attached hydrogen (secondary N) is 1. The minimum Gasteiger partial charge on any atom is -0.492 e. The van der Waals surface area contributed by atoms with E-state index in [1.807, 2.05) is 0 Å². The third-order valence-corrected chi connectivity index (χ3v) is 3.10. The maximum atomic E-state index is 5.85. The molecule has 0 amide bonds. The van der Waals surface area contributed by atoms with Crippen molar-refractivity contribution in [1.29, 1.82) is 0 Å². The number of benzene rings is 1. The molecule has 0 aliphatic rings. The first-order valence-electron chi connectivity index (χ1n) is 7.25. The van der Waals surface area contributed by atoms with Gasteiger partial charge in [-0.3, -0.25) is 0 Å². The van der Waals surface area contributed by atoms with Crippen LogP contribution in [0.1, 0.15) is 45.6 Å². The van der Waals surface area contributed by atoms with Gasteiger partial charge in [0.1, 0.15) is 12.4 Å². The summed E-state index contributed by atoms with van der Waals surface area (Å²) in [5, 5.41) is 3.54. The van der Waals surface area contributed by atoms with E-state index in [2.05, 4.69) is 50.4 Å². The van der Waals surface area contributed by atoms with E-state index in [1.165, 1.54) is 24.8 Å². The van der Waals surface area contributed by atoms with Crippen molar-refractivity contribution < 1.29 is 4.74 Å². The van der Waals surface area contributed by atoms with Gasteiger partial charge in [-0.1, -0.05) is 39.3 Å². The van der Waals surface area contributed by atoms with E-state index in [9.17, 15) is 0 Å². The topological polar surface area (TPSA) is 21.3 Å². The fourth-order valence-electron chi connectivity index (χ4n) is 1.96. The molecule has 0 saturated heterocycles. The Labute approximate surface area is 112 Å². The van der Waals surface area contributed by atoms with Crippen LogP contribution in [0.4, 0.5) is 0 Å². The summed E-state index contributed by atoms with van der Waals surface area (Å²) in [4.78, 5) is 0. The monoisotopic (exact) mass is 249 g/mol. The highest BCUT2D eigenvalue weighted by Gasteiger charge is 2.07. The minimum atomic E-state index is 0.473. The zero-order chi connectivity index (χ0) is 13.2. The van der Waals surface area contributed by atoms with Gasteiger partial charge in [0, 0.05) is 6.04 Å². The normalized spacial score (nSPS) is 12.4. The Balaban J connectivity index is 2.39. The van der Waals surface area contributed by atoms with E-state index < -0.39 is 0 Å². The van der Waals surface area contributed by atoms with Gasteiger partial charge in [-0.25, -0.2) is 0 Å². The second-order valence-electron chi connectivity index (χ2n) is 4.75. The summed E-state index contributed by atoms with van der Waals surface area (Å²) in [6.45, 7) is 8.42. The van der Waals surface area contributed by atoms with Crippen molar-refractivity contribution in [3.05, 3.63) is 29.8 Å². The molecule has 1 rings (SSSR count). The van der Waals surface area contributed by atoms with E-state index >= 15 is 0 Å². The molecular weight excluding hydrogens is 222 g/mol. The average molecular weight is 249 g/mol. The summed E-state index contributed by atoms with van der Waals surface area (Å²) in [6, 6.07) is 8.90. The summed E-state index contributed by atoms with van der Waals surface area (Å²) in [6.07, 6.45) is 4.62. The highest BCUT2D eigenvalue weighted by molar-refractivity contribution is 5.27. The maximum Gasteiger partial charge on any atom is 0.119 e. The van der Waals surface area contributed by atoms with Crippen LogP contribution in [0.3, 0.4) is 0 Å². The van der Waals surface area contributed by atoms with Crippen LogP contribution in [0.15, 0.2) is 24.3 Å². The summed E-state index contributed by atoms with van der Waals surface area (Å²) >= 11 is 0. The molecule has 0 radical (unpaired) electrons. The van der Waals surface area contributed by atoms with Gasteiger partial charge in [-0.2, -0.15) is 0 Å². The predicted octanol–water partition coefficient (Wildman–Crippen LogP) is 3.80. The predicted molar refractivity (Wildman–Crippen MR) is 78.3 cm³/mol. The Morgan fingerprint density at radius 3 is 2.33 bits per heavy atom. The number of rotatable bonds is 9. The average Bonchev–Trinajstić information content (AvgIpc) is 2.42. The summed E-state index contributed by atoms with van der Waals surface area (Å²) in [5.41, 5.74) is 1.36. The Morgan fingerprint density at radius 2 is 1.78 bits per heavy atom. The van der Waals surface area contributed by atoms with E-state index in [-0.39, 0.29) is 0 Å². The zero-order valence-electron chi connectivity index (χ0n) is 12.0. The van der Waals surface area contributed by atoms with Gasteiger partial charge in [-0.15, -0.1) is 0 Å². The third-order valence-electron chi connectivity index (χ3n) is 3.10. The van der Waals surface area contributed by atoms with Crippen molar-refractivity contribution >= 4 is 0 Å². The molecule has 1 N–H and O–H groups in total. The van der Waals surface area contributed by atoms with E-state index in [0.717, 1.165) is 25.3 Å². The molecule has 18 heavy (non-hydrogen) atoms. The Kier molecular flexibility index (Phi) is 7.51. The zero-order valence-corrected chi connectivity index (χ0v) is 12.0. The van der Waals surface area contributed by atoms with Crippen LogP contribution in [0.25, 0.3) is 0 Å². The lowest BCUT2D eigenvalue weighted by atomic mass is 10.1. The number of hydrogen-bond donors (Lipinski definition) is 1. The number of ether oxygens (including phenoxy) is 1. The molecule has 0 aromatic heterocycles. The molecule has 2 nitrogen and oxygen atoms in total. The van der Waals surface area contributed by atoms with Gasteiger partial charge in [0.15, 0.2) is 0 Å². The van der Waals surface area contributed by atoms with Gasteiger partial charge in [-0.05, 0) is 43.5 Å². The van der Waals surface area contributed by atoms with Crippen LogP contribution < -0.4 is 10.1 Å². The molecule has 1 atom stereocenters. The van der Waals surface area contributed by atoms with E-state index in [4.69, 9.17) is 4.74 Å². The van der Waals surface area contributed by atoms with Crippen molar-refractivity contribution in [3.8, 4) is 5.75 Å².